The van der Waals surface area contributed by atoms with Gasteiger partial charge in [-0.2, -0.15) is 0 Å². The van der Waals surface area contributed by atoms with Gasteiger partial charge in [-0.05, 0) is 42.3 Å². The van der Waals surface area contributed by atoms with Gasteiger partial charge in [-0.1, -0.05) is 57.2 Å². The smallest absolute Gasteiger partial charge is 0.0589 e. The second-order valence-corrected chi connectivity index (χ2v) is 5.31. The molecule has 1 atom stereocenters. The van der Waals surface area contributed by atoms with Crippen molar-refractivity contribution in [3.05, 3.63) is 47.5 Å². The monoisotopic (exact) mass is 301 g/mol. The fourth-order valence-corrected chi connectivity index (χ4v) is 2.87. The molecule has 0 saturated carbocycles. The Labute approximate surface area is 136 Å². The lowest BCUT2D eigenvalue weighted by atomic mass is 9.96. The lowest BCUT2D eigenvalue weighted by Crippen LogP contribution is -2.30. The Morgan fingerprint density at radius 3 is 2.27 bits per heavy atom. The van der Waals surface area contributed by atoms with Crippen molar-refractivity contribution < 1.29 is 4.74 Å². The van der Waals surface area contributed by atoms with Crippen LogP contribution >= 0.6 is 0 Å². The van der Waals surface area contributed by atoms with E-state index in [4.69, 9.17) is 4.74 Å². The third-order valence-electron chi connectivity index (χ3n) is 4.16. The van der Waals surface area contributed by atoms with Crippen LogP contribution in [0.15, 0.2) is 36.4 Å². The predicted molar refractivity (Wildman–Crippen MR) is 97.6 cm³/mol. The maximum absolute atomic E-state index is 5.23. The molecule has 0 bridgehead atoms. The molecule has 0 saturated heterocycles. The standard InChI is InChI=1S/C18H25NO.C2H6/c1-5-19(12-13-20-4)15(3)17-11-10-14(2)16-8-6-7-9-18(16)17;1-2/h6-11,15H,5,12-13H2,1-4H3;1-2H3. The van der Waals surface area contributed by atoms with E-state index in [-0.39, 0.29) is 0 Å². The van der Waals surface area contributed by atoms with Crippen molar-refractivity contribution in [2.45, 2.75) is 40.7 Å². The second-order valence-electron chi connectivity index (χ2n) is 5.31. The second kappa shape index (κ2) is 9.60. The van der Waals surface area contributed by atoms with Gasteiger partial charge in [-0.25, -0.2) is 0 Å². The Morgan fingerprint density at radius 1 is 1.05 bits per heavy atom. The zero-order valence-electron chi connectivity index (χ0n) is 15.0. The van der Waals surface area contributed by atoms with E-state index in [9.17, 15) is 0 Å². The molecule has 0 aliphatic carbocycles. The molecule has 0 N–H and O–H groups in total. The molecule has 2 aromatic rings. The molecule has 0 aliphatic heterocycles. The van der Waals surface area contributed by atoms with E-state index in [0.29, 0.717) is 6.04 Å². The number of ether oxygens (including phenoxy) is 1. The molecule has 22 heavy (non-hydrogen) atoms. The minimum atomic E-state index is 0.403. The molecule has 0 aliphatic rings. The van der Waals surface area contributed by atoms with E-state index in [1.807, 2.05) is 13.8 Å². The van der Waals surface area contributed by atoms with Gasteiger partial charge in [0, 0.05) is 19.7 Å². The summed E-state index contributed by atoms with van der Waals surface area (Å²) in [5.74, 6) is 0. The molecule has 2 aromatic carbocycles. The first-order chi connectivity index (χ1) is 10.7. The summed E-state index contributed by atoms with van der Waals surface area (Å²) in [4.78, 5) is 2.46. The van der Waals surface area contributed by atoms with Gasteiger partial charge in [0.1, 0.15) is 0 Å². The highest BCUT2D eigenvalue weighted by molar-refractivity contribution is 5.88. The van der Waals surface area contributed by atoms with Crippen LogP contribution in [0.1, 0.15) is 44.9 Å². The summed E-state index contributed by atoms with van der Waals surface area (Å²) in [5, 5.41) is 2.73. The third-order valence-corrected chi connectivity index (χ3v) is 4.16. The number of benzene rings is 2. The minimum absolute atomic E-state index is 0.403. The van der Waals surface area contributed by atoms with Crippen LogP contribution in [0.25, 0.3) is 10.8 Å². The van der Waals surface area contributed by atoms with Crippen LogP contribution in [0.3, 0.4) is 0 Å². The van der Waals surface area contributed by atoms with Gasteiger partial charge in [0.05, 0.1) is 6.61 Å². The summed E-state index contributed by atoms with van der Waals surface area (Å²) in [6.45, 7) is 13.5. The van der Waals surface area contributed by atoms with Crippen LogP contribution in [-0.2, 0) is 4.74 Å². The van der Waals surface area contributed by atoms with Crippen molar-refractivity contribution >= 4 is 10.8 Å². The SMILES string of the molecule is CC.CCN(CCOC)C(C)c1ccc(C)c2ccccc12. The fourth-order valence-electron chi connectivity index (χ4n) is 2.87. The van der Waals surface area contributed by atoms with Gasteiger partial charge in [-0.3, -0.25) is 4.90 Å². The van der Waals surface area contributed by atoms with Crippen LogP contribution in [0.4, 0.5) is 0 Å². The van der Waals surface area contributed by atoms with E-state index in [2.05, 4.69) is 62.1 Å². The summed E-state index contributed by atoms with van der Waals surface area (Å²) >= 11 is 0. The summed E-state index contributed by atoms with van der Waals surface area (Å²) in [6.07, 6.45) is 0. The average Bonchev–Trinajstić information content (AvgIpc) is 2.58. The lowest BCUT2D eigenvalue weighted by molar-refractivity contribution is 0.129. The van der Waals surface area contributed by atoms with Gasteiger partial charge in [0.15, 0.2) is 0 Å². The molecule has 1 unspecified atom stereocenters. The molecule has 0 amide bonds. The predicted octanol–water partition coefficient (Wildman–Crippen LogP) is 5.20. The van der Waals surface area contributed by atoms with Crippen LogP contribution in [-0.4, -0.2) is 31.7 Å². The molecule has 2 nitrogen and oxygen atoms in total. The van der Waals surface area contributed by atoms with E-state index in [1.54, 1.807) is 7.11 Å². The van der Waals surface area contributed by atoms with Crippen molar-refractivity contribution in [1.29, 1.82) is 0 Å². The first kappa shape index (κ1) is 18.7. The summed E-state index contributed by atoms with van der Waals surface area (Å²) in [6, 6.07) is 13.6. The number of nitrogens with zero attached hydrogens (tertiary/aromatic N) is 1. The number of hydrogen-bond donors (Lipinski definition) is 0. The number of aryl methyl sites for hydroxylation is 1. The summed E-state index contributed by atoms with van der Waals surface area (Å²) in [7, 11) is 1.76. The Morgan fingerprint density at radius 2 is 1.68 bits per heavy atom. The van der Waals surface area contributed by atoms with E-state index >= 15 is 0 Å². The normalized spacial score (nSPS) is 12.1. The van der Waals surface area contributed by atoms with E-state index in [1.165, 1.54) is 21.9 Å². The number of fused-ring (bicyclic) bond motifs is 1. The number of likely N-dealkylation sites (N-methyl/N-ethyl adjacent to an activating group) is 1. The van der Waals surface area contributed by atoms with Crippen molar-refractivity contribution in [1.82, 2.24) is 4.90 Å². The molecule has 2 heteroatoms. The maximum Gasteiger partial charge on any atom is 0.0589 e. The van der Waals surface area contributed by atoms with Crippen LogP contribution < -0.4 is 0 Å². The van der Waals surface area contributed by atoms with Crippen LogP contribution in [0, 0.1) is 6.92 Å². The lowest BCUT2D eigenvalue weighted by Gasteiger charge is -2.29. The number of rotatable bonds is 6. The van der Waals surface area contributed by atoms with Crippen molar-refractivity contribution in [3.8, 4) is 0 Å². The molecular weight excluding hydrogens is 270 g/mol. The molecule has 122 valence electrons. The van der Waals surface area contributed by atoms with Crippen molar-refractivity contribution in [3.63, 3.8) is 0 Å². The Balaban J connectivity index is 0.00000116. The minimum Gasteiger partial charge on any atom is -0.383 e. The molecular formula is C20H31NO. The topological polar surface area (TPSA) is 12.5 Å². The van der Waals surface area contributed by atoms with Gasteiger partial charge in [-0.15, -0.1) is 0 Å². The first-order valence-corrected chi connectivity index (χ1v) is 8.40. The molecule has 0 heterocycles. The van der Waals surface area contributed by atoms with Crippen molar-refractivity contribution in [2.75, 3.05) is 26.8 Å². The fraction of sp³-hybridized carbons (Fsp3) is 0.500. The molecule has 0 spiro atoms. The van der Waals surface area contributed by atoms with Gasteiger partial charge < -0.3 is 4.74 Å². The highest BCUT2D eigenvalue weighted by atomic mass is 16.5. The highest BCUT2D eigenvalue weighted by Gasteiger charge is 2.16. The zero-order chi connectivity index (χ0) is 16.5. The summed E-state index contributed by atoms with van der Waals surface area (Å²) in [5.41, 5.74) is 2.75. The Hall–Kier alpha value is -1.38. The molecule has 0 aromatic heterocycles. The Kier molecular flexibility index (Phi) is 8.15. The van der Waals surface area contributed by atoms with Gasteiger partial charge in [0.25, 0.3) is 0 Å². The molecule has 0 fully saturated rings. The van der Waals surface area contributed by atoms with Crippen LogP contribution in [0.5, 0.6) is 0 Å². The largest absolute Gasteiger partial charge is 0.383 e. The van der Waals surface area contributed by atoms with Crippen LogP contribution in [0.2, 0.25) is 0 Å². The number of methoxy groups -OCH3 is 1. The highest BCUT2D eigenvalue weighted by Crippen LogP contribution is 2.29. The van der Waals surface area contributed by atoms with E-state index in [0.717, 1.165) is 19.7 Å². The zero-order valence-corrected chi connectivity index (χ0v) is 15.0. The third kappa shape index (κ3) is 4.31. The first-order valence-electron chi connectivity index (χ1n) is 8.40. The summed E-state index contributed by atoms with van der Waals surface area (Å²) < 4.78 is 5.23. The average molecular weight is 301 g/mol. The number of hydrogen-bond acceptors (Lipinski definition) is 2. The van der Waals surface area contributed by atoms with Gasteiger partial charge in [0.2, 0.25) is 0 Å². The molecule has 2 rings (SSSR count). The quantitative estimate of drug-likeness (QED) is 0.726. The van der Waals surface area contributed by atoms with E-state index < -0.39 is 0 Å². The van der Waals surface area contributed by atoms with Crippen molar-refractivity contribution in [2.24, 2.45) is 0 Å². The molecule has 0 radical (unpaired) electrons. The Bertz CT molecular complexity index is 565. The maximum atomic E-state index is 5.23. The van der Waals surface area contributed by atoms with Gasteiger partial charge >= 0.3 is 0 Å².